The quantitative estimate of drug-likeness (QED) is 0.773. The van der Waals surface area contributed by atoms with Gasteiger partial charge in [-0.05, 0) is 49.3 Å². The molecular formula is C15H19ClO. The van der Waals surface area contributed by atoms with Gasteiger partial charge in [0.05, 0.1) is 6.10 Å². The summed E-state index contributed by atoms with van der Waals surface area (Å²) in [5.41, 5.74) is 2.32. The molecule has 1 aliphatic rings. The third kappa shape index (κ3) is 3.11. The Bertz CT molecular complexity index is 425. The van der Waals surface area contributed by atoms with Crippen molar-refractivity contribution < 1.29 is 5.11 Å². The second kappa shape index (κ2) is 5.24. The Hall–Kier alpha value is -0.790. The van der Waals surface area contributed by atoms with Crippen molar-refractivity contribution in [3.8, 4) is 0 Å². The first-order valence-electron chi connectivity index (χ1n) is 6.17. The maximum atomic E-state index is 10.4. The molecule has 0 heterocycles. The van der Waals surface area contributed by atoms with Crippen LogP contribution in [0.3, 0.4) is 0 Å². The normalized spacial score (nSPS) is 26.5. The third-order valence-corrected chi connectivity index (χ3v) is 3.70. The Kier molecular flexibility index (Phi) is 3.90. The summed E-state index contributed by atoms with van der Waals surface area (Å²) in [5, 5.41) is 11.1. The molecule has 1 N–H and O–H groups in total. The number of rotatable bonds is 2. The number of halogens is 1. The van der Waals surface area contributed by atoms with Crippen LogP contribution in [0.5, 0.6) is 0 Å². The van der Waals surface area contributed by atoms with Crippen molar-refractivity contribution in [2.75, 3.05) is 0 Å². The minimum Gasteiger partial charge on any atom is -0.388 e. The van der Waals surface area contributed by atoms with Gasteiger partial charge in [0.1, 0.15) is 0 Å². The fraction of sp³-hybridized carbons (Fsp3) is 0.467. The molecule has 0 spiro atoms. The van der Waals surface area contributed by atoms with E-state index in [4.69, 9.17) is 11.6 Å². The summed E-state index contributed by atoms with van der Waals surface area (Å²) in [7, 11) is 0. The van der Waals surface area contributed by atoms with Crippen LogP contribution in [0.15, 0.2) is 35.9 Å². The Balaban J connectivity index is 2.15. The number of hydrogen-bond acceptors (Lipinski definition) is 1. The maximum absolute atomic E-state index is 10.4. The molecule has 1 aromatic carbocycles. The average Bonchev–Trinajstić information content (AvgIpc) is 2.26. The van der Waals surface area contributed by atoms with Crippen LogP contribution in [0.2, 0.25) is 5.02 Å². The van der Waals surface area contributed by atoms with E-state index in [9.17, 15) is 5.11 Å². The molecule has 92 valence electrons. The molecule has 0 aliphatic heterocycles. The first-order chi connectivity index (χ1) is 8.06. The lowest BCUT2D eigenvalue weighted by atomic mass is 9.79. The van der Waals surface area contributed by atoms with Crippen LogP contribution in [0.1, 0.15) is 38.4 Å². The van der Waals surface area contributed by atoms with Gasteiger partial charge >= 0.3 is 0 Å². The van der Waals surface area contributed by atoms with E-state index < -0.39 is 6.10 Å². The van der Waals surface area contributed by atoms with Crippen LogP contribution < -0.4 is 0 Å². The second-order valence-electron chi connectivity index (χ2n) is 5.19. The largest absolute Gasteiger partial charge is 0.388 e. The average molecular weight is 251 g/mol. The molecule has 2 rings (SSSR count). The van der Waals surface area contributed by atoms with Crippen molar-refractivity contribution in [1.82, 2.24) is 0 Å². The van der Waals surface area contributed by atoms with Crippen molar-refractivity contribution >= 4 is 11.6 Å². The summed E-state index contributed by atoms with van der Waals surface area (Å²) in [5.74, 6) is 0.871. The first-order valence-corrected chi connectivity index (χ1v) is 6.55. The molecule has 1 aliphatic carbocycles. The monoisotopic (exact) mass is 250 g/mol. The van der Waals surface area contributed by atoms with Gasteiger partial charge in [0, 0.05) is 5.02 Å². The van der Waals surface area contributed by atoms with E-state index >= 15 is 0 Å². The molecule has 0 radical (unpaired) electrons. The van der Waals surface area contributed by atoms with Crippen molar-refractivity contribution in [2.45, 2.75) is 32.8 Å². The second-order valence-corrected chi connectivity index (χ2v) is 5.63. The van der Waals surface area contributed by atoms with Crippen molar-refractivity contribution in [2.24, 2.45) is 11.8 Å². The molecule has 0 amide bonds. The van der Waals surface area contributed by atoms with Crippen molar-refractivity contribution in [3.63, 3.8) is 0 Å². The number of aliphatic hydroxyl groups is 1. The van der Waals surface area contributed by atoms with Gasteiger partial charge in [-0.15, -0.1) is 0 Å². The lowest BCUT2D eigenvalue weighted by Crippen LogP contribution is -2.19. The lowest BCUT2D eigenvalue weighted by molar-refractivity contribution is 0.0932. The molecule has 0 aromatic heterocycles. The van der Waals surface area contributed by atoms with Crippen LogP contribution in [0.25, 0.3) is 0 Å². The summed E-state index contributed by atoms with van der Waals surface area (Å²) < 4.78 is 0. The summed E-state index contributed by atoms with van der Waals surface area (Å²) in [6, 6.07) is 7.56. The van der Waals surface area contributed by atoms with Crippen LogP contribution in [0.4, 0.5) is 0 Å². The summed E-state index contributed by atoms with van der Waals surface area (Å²) in [6.45, 7) is 4.35. The Morgan fingerprint density at radius 2 is 2.18 bits per heavy atom. The Morgan fingerprint density at radius 3 is 2.82 bits per heavy atom. The van der Waals surface area contributed by atoms with Crippen LogP contribution in [0, 0.1) is 11.8 Å². The molecule has 0 saturated heterocycles. The molecule has 1 nitrogen and oxygen atoms in total. The fourth-order valence-corrected chi connectivity index (χ4v) is 3.00. The molecular weight excluding hydrogens is 232 g/mol. The summed E-state index contributed by atoms with van der Waals surface area (Å²) in [4.78, 5) is 0. The van der Waals surface area contributed by atoms with E-state index in [-0.39, 0.29) is 0 Å². The maximum Gasteiger partial charge on any atom is 0.0821 e. The smallest absolute Gasteiger partial charge is 0.0821 e. The Morgan fingerprint density at radius 1 is 1.41 bits per heavy atom. The van der Waals surface area contributed by atoms with E-state index in [2.05, 4.69) is 19.9 Å². The number of allylic oxidation sites excluding steroid dienone is 2. The van der Waals surface area contributed by atoms with Crippen LogP contribution >= 0.6 is 11.6 Å². The highest BCUT2D eigenvalue weighted by atomic mass is 35.5. The predicted molar refractivity (Wildman–Crippen MR) is 72.1 cm³/mol. The zero-order chi connectivity index (χ0) is 12.4. The molecule has 17 heavy (non-hydrogen) atoms. The zero-order valence-corrected chi connectivity index (χ0v) is 11.1. The summed E-state index contributed by atoms with van der Waals surface area (Å²) in [6.07, 6.45) is 3.93. The molecule has 0 fully saturated rings. The Labute approximate surface area is 108 Å². The lowest BCUT2D eigenvalue weighted by Gasteiger charge is -2.29. The van der Waals surface area contributed by atoms with E-state index in [0.717, 1.165) is 18.4 Å². The predicted octanol–water partition coefficient (Wildman–Crippen LogP) is 4.37. The van der Waals surface area contributed by atoms with Gasteiger partial charge in [0.25, 0.3) is 0 Å². The van der Waals surface area contributed by atoms with Gasteiger partial charge in [-0.3, -0.25) is 0 Å². The van der Waals surface area contributed by atoms with Gasteiger partial charge in [-0.1, -0.05) is 42.3 Å². The van der Waals surface area contributed by atoms with Gasteiger partial charge in [0.2, 0.25) is 0 Å². The summed E-state index contributed by atoms with van der Waals surface area (Å²) >= 11 is 5.96. The molecule has 1 aromatic rings. The number of aliphatic hydroxyl groups excluding tert-OH is 1. The topological polar surface area (TPSA) is 20.2 Å². The van der Waals surface area contributed by atoms with Crippen LogP contribution in [-0.2, 0) is 0 Å². The highest BCUT2D eigenvalue weighted by Gasteiger charge is 2.25. The SMILES string of the molecule is CC1=CC(C)CC(C(O)c2cccc(Cl)c2)C1. The van der Waals surface area contributed by atoms with E-state index in [1.54, 1.807) is 0 Å². The van der Waals surface area contributed by atoms with Gasteiger partial charge in [-0.25, -0.2) is 0 Å². The zero-order valence-electron chi connectivity index (χ0n) is 10.4. The first kappa shape index (κ1) is 12.7. The minimum atomic E-state index is -0.403. The standard InChI is InChI=1S/C15H19ClO/c1-10-6-11(2)8-13(7-10)15(17)12-4-3-5-14(16)9-12/h3-6,9-10,13,15,17H,7-8H2,1-2H3. The number of hydrogen-bond donors (Lipinski definition) is 1. The van der Waals surface area contributed by atoms with E-state index in [0.29, 0.717) is 16.9 Å². The molecule has 2 heteroatoms. The van der Waals surface area contributed by atoms with E-state index in [1.165, 1.54) is 5.57 Å². The highest BCUT2D eigenvalue weighted by molar-refractivity contribution is 6.30. The highest BCUT2D eigenvalue weighted by Crippen LogP contribution is 2.37. The fourth-order valence-electron chi connectivity index (χ4n) is 2.80. The minimum absolute atomic E-state index is 0.313. The molecule has 0 saturated carbocycles. The molecule has 3 unspecified atom stereocenters. The van der Waals surface area contributed by atoms with Gasteiger partial charge < -0.3 is 5.11 Å². The van der Waals surface area contributed by atoms with E-state index in [1.807, 2.05) is 24.3 Å². The molecule has 0 bridgehead atoms. The third-order valence-electron chi connectivity index (χ3n) is 3.46. The van der Waals surface area contributed by atoms with Gasteiger partial charge in [-0.2, -0.15) is 0 Å². The number of benzene rings is 1. The van der Waals surface area contributed by atoms with Crippen molar-refractivity contribution in [3.05, 3.63) is 46.5 Å². The molecule has 3 atom stereocenters. The van der Waals surface area contributed by atoms with Crippen molar-refractivity contribution in [1.29, 1.82) is 0 Å². The van der Waals surface area contributed by atoms with Crippen LogP contribution in [-0.4, -0.2) is 5.11 Å². The van der Waals surface area contributed by atoms with Gasteiger partial charge in [0.15, 0.2) is 0 Å².